The minimum Gasteiger partial charge on any atom is -0.508 e. The SMILES string of the molecule is Cc1[nH]nc2cc(OCCNCC(O)c3cccc(NS(=O)(=O)c4cccc(O)c4)c3)ccc12. The van der Waals surface area contributed by atoms with Gasteiger partial charge in [-0.1, -0.05) is 18.2 Å². The number of aromatic amines is 1. The number of aromatic nitrogens is 2. The molecule has 4 rings (SSSR count). The normalized spacial score (nSPS) is 12.5. The Morgan fingerprint density at radius 3 is 2.74 bits per heavy atom. The summed E-state index contributed by atoms with van der Waals surface area (Å²) in [6.07, 6.45) is -0.839. The van der Waals surface area contributed by atoms with E-state index in [1.807, 2.05) is 25.1 Å². The van der Waals surface area contributed by atoms with Crippen LogP contribution < -0.4 is 14.8 Å². The first-order valence-corrected chi connectivity index (χ1v) is 12.2. The van der Waals surface area contributed by atoms with E-state index in [9.17, 15) is 18.6 Å². The van der Waals surface area contributed by atoms with Gasteiger partial charge in [-0.15, -0.1) is 0 Å². The largest absolute Gasteiger partial charge is 0.508 e. The number of H-pyrrole nitrogens is 1. The van der Waals surface area contributed by atoms with Gasteiger partial charge in [0, 0.05) is 42.0 Å². The van der Waals surface area contributed by atoms with E-state index in [0.717, 1.165) is 16.6 Å². The molecule has 0 radical (unpaired) electrons. The van der Waals surface area contributed by atoms with Gasteiger partial charge >= 0.3 is 0 Å². The topological polar surface area (TPSA) is 137 Å². The van der Waals surface area contributed by atoms with Gasteiger partial charge in [0.2, 0.25) is 0 Å². The first-order chi connectivity index (χ1) is 16.3. The van der Waals surface area contributed by atoms with E-state index in [4.69, 9.17) is 4.74 Å². The summed E-state index contributed by atoms with van der Waals surface area (Å²) >= 11 is 0. The molecular formula is C24H26N4O5S. The average molecular weight is 483 g/mol. The number of rotatable bonds is 10. The molecule has 0 aliphatic carbocycles. The van der Waals surface area contributed by atoms with Gasteiger partial charge in [0.1, 0.15) is 18.1 Å². The van der Waals surface area contributed by atoms with E-state index in [2.05, 4.69) is 20.2 Å². The number of fused-ring (bicyclic) bond motifs is 1. The number of aryl methyl sites for hydroxylation is 1. The van der Waals surface area contributed by atoms with Crippen LogP contribution in [0.5, 0.6) is 11.5 Å². The summed E-state index contributed by atoms with van der Waals surface area (Å²) in [4.78, 5) is -0.0540. The standard InChI is InChI=1S/C24H26N4O5S/c1-16-22-9-8-20(14-23(22)27-26-16)33-11-10-25-15-24(30)17-4-2-5-18(12-17)28-34(31,32)21-7-3-6-19(29)13-21/h2-9,12-14,24-25,28-30H,10-11,15H2,1H3,(H,26,27). The Morgan fingerprint density at radius 2 is 1.91 bits per heavy atom. The molecule has 178 valence electrons. The van der Waals surface area contributed by atoms with Crippen LogP contribution in [0.3, 0.4) is 0 Å². The van der Waals surface area contributed by atoms with Crippen LogP contribution in [-0.2, 0) is 10.0 Å². The molecule has 0 saturated heterocycles. The predicted octanol–water partition coefficient (Wildman–Crippen LogP) is 3.08. The lowest BCUT2D eigenvalue weighted by Gasteiger charge is -2.15. The quantitative estimate of drug-likeness (QED) is 0.219. The molecule has 1 unspecified atom stereocenters. The van der Waals surface area contributed by atoms with Crippen LogP contribution in [0.1, 0.15) is 17.4 Å². The minimum atomic E-state index is -3.87. The third-order valence-corrected chi connectivity index (χ3v) is 6.63. The number of ether oxygens (including phenoxy) is 1. The molecule has 3 aromatic carbocycles. The number of hydrogen-bond donors (Lipinski definition) is 5. The summed E-state index contributed by atoms with van der Waals surface area (Å²) in [5, 5.41) is 31.4. The van der Waals surface area contributed by atoms with Crippen molar-refractivity contribution in [2.45, 2.75) is 17.9 Å². The maximum absolute atomic E-state index is 12.6. The summed E-state index contributed by atoms with van der Waals surface area (Å²) in [6, 6.07) is 17.7. The Labute approximate surface area is 197 Å². The maximum atomic E-state index is 12.6. The highest BCUT2D eigenvalue weighted by atomic mass is 32.2. The second-order valence-electron chi connectivity index (χ2n) is 7.82. The molecule has 0 fully saturated rings. The zero-order chi connectivity index (χ0) is 24.1. The summed E-state index contributed by atoms with van der Waals surface area (Å²) in [5.41, 5.74) is 2.72. The number of aliphatic hydroxyl groups excluding tert-OH is 1. The Hall–Kier alpha value is -3.60. The maximum Gasteiger partial charge on any atom is 0.262 e. The van der Waals surface area contributed by atoms with Crippen molar-refractivity contribution in [1.82, 2.24) is 15.5 Å². The Balaban J connectivity index is 1.27. The van der Waals surface area contributed by atoms with E-state index < -0.39 is 16.1 Å². The number of nitrogens with zero attached hydrogens (tertiary/aromatic N) is 1. The van der Waals surface area contributed by atoms with Gasteiger partial charge in [0.05, 0.1) is 16.5 Å². The monoisotopic (exact) mass is 482 g/mol. The lowest BCUT2D eigenvalue weighted by atomic mass is 10.1. The molecule has 1 heterocycles. The van der Waals surface area contributed by atoms with E-state index in [-0.39, 0.29) is 17.2 Å². The smallest absolute Gasteiger partial charge is 0.262 e. The molecule has 5 N–H and O–H groups in total. The van der Waals surface area contributed by atoms with Crippen molar-refractivity contribution in [3.8, 4) is 11.5 Å². The molecule has 10 heteroatoms. The second kappa shape index (κ2) is 10.1. The molecule has 0 aliphatic heterocycles. The fourth-order valence-electron chi connectivity index (χ4n) is 3.49. The molecule has 0 amide bonds. The van der Waals surface area contributed by atoms with E-state index >= 15 is 0 Å². The number of phenols is 1. The van der Waals surface area contributed by atoms with E-state index in [0.29, 0.717) is 30.2 Å². The number of sulfonamides is 1. The Kier molecular flexibility index (Phi) is 7.01. The van der Waals surface area contributed by atoms with Gasteiger partial charge in [-0.2, -0.15) is 5.10 Å². The van der Waals surface area contributed by atoms with Crippen molar-refractivity contribution in [2.24, 2.45) is 0 Å². The number of aromatic hydroxyl groups is 1. The number of nitrogens with one attached hydrogen (secondary N) is 3. The Bertz CT molecular complexity index is 1390. The zero-order valence-corrected chi connectivity index (χ0v) is 19.3. The molecule has 4 aromatic rings. The zero-order valence-electron chi connectivity index (χ0n) is 18.5. The van der Waals surface area contributed by atoms with Crippen LogP contribution in [0.2, 0.25) is 0 Å². The van der Waals surface area contributed by atoms with E-state index in [1.165, 1.54) is 24.3 Å². The molecule has 0 bridgehead atoms. The van der Waals surface area contributed by atoms with Crippen LogP contribution >= 0.6 is 0 Å². The summed E-state index contributed by atoms with van der Waals surface area (Å²) in [5.74, 6) is 0.576. The van der Waals surface area contributed by atoms with Crippen molar-refractivity contribution in [1.29, 1.82) is 0 Å². The lowest BCUT2D eigenvalue weighted by Crippen LogP contribution is -2.26. The van der Waals surface area contributed by atoms with Gasteiger partial charge < -0.3 is 20.3 Å². The van der Waals surface area contributed by atoms with Crippen molar-refractivity contribution in [2.75, 3.05) is 24.4 Å². The average Bonchev–Trinajstić information content (AvgIpc) is 3.18. The van der Waals surface area contributed by atoms with Crippen molar-refractivity contribution in [3.05, 3.63) is 78.0 Å². The van der Waals surface area contributed by atoms with Gasteiger partial charge in [0.15, 0.2) is 0 Å². The van der Waals surface area contributed by atoms with Crippen LogP contribution in [0.15, 0.2) is 71.6 Å². The summed E-state index contributed by atoms with van der Waals surface area (Å²) in [6.45, 7) is 3.15. The number of benzene rings is 3. The highest BCUT2D eigenvalue weighted by molar-refractivity contribution is 7.92. The highest BCUT2D eigenvalue weighted by Crippen LogP contribution is 2.23. The molecule has 1 atom stereocenters. The first kappa shape index (κ1) is 23.6. The Morgan fingerprint density at radius 1 is 1.09 bits per heavy atom. The number of anilines is 1. The molecular weight excluding hydrogens is 456 g/mol. The van der Waals surface area contributed by atoms with Crippen LogP contribution in [-0.4, -0.2) is 48.5 Å². The van der Waals surface area contributed by atoms with Crippen molar-refractivity contribution < 1.29 is 23.4 Å². The predicted molar refractivity (Wildman–Crippen MR) is 130 cm³/mol. The van der Waals surface area contributed by atoms with E-state index in [1.54, 1.807) is 24.3 Å². The van der Waals surface area contributed by atoms with Gasteiger partial charge in [-0.25, -0.2) is 8.42 Å². The number of hydrogen-bond acceptors (Lipinski definition) is 7. The highest BCUT2D eigenvalue weighted by Gasteiger charge is 2.16. The fourth-order valence-corrected chi connectivity index (χ4v) is 4.58. The fraction of sp³-hybridized carbons (Fsp3) is 0.208. The minimum absolute atomic E-state index is 0.0540. The first-order valence-electron chi connectivity index (χ1n) is 10.7. The molecule has 34 heavy (non-hydrogen) atoms. The van der Waals surface area contributed by atoms with Crippen LogP contribution in [0, 0.1) is 6.92 Å². The van der Waals surface area contributed by atoms with Crippen LogP contribution in [0.25, 0.3) is 10.9 Å². The molecule has 0 aliphatic rings. The van der Waals surface area contributed by atoms with Gasteiger partial charge in [-0.05, 0) is 48.9 Å². The molecule has 0 spiro atoms. The molecule has 9 nitrogen and oxygen atoms in total. The van der Waals surface area contributed by atoms with Gasteiger partial charge in [0.25, 0.3) is 10.0 Å². The van der Waals surface area contributed by atoms with Gasteiger partial charge in [-0.3, -0.25) is 9.82 Å². The second-order valence-corrected chi connectivity index (χ2v) is 9.51. The summed E-state index contributed by atoms with van der Waals surface area (Å²) in [7, 11) is -3.87. The van der Waals surface area contributed by atoms with Crippen molar-refractivity contribution >= 4 is 26.6 Å². The third kappa shape index (κ3) is 5.66. The summed E-state index contributed by atoms with van der Waals surface area (Å²) < 4.78 is 33.3. The lowest BCUT2D eigenvalue weighted by molar-refractivity contribution is 0.172. The number of aliphatic hydroxyl groups is 1. The molecule has 1 aromatic heterocycles. The van der Waals surface area contributed by atoms with Crippen LogP contribution in [0.4, 0.5) is 5.69 Å². The number of phenolic OH excluding ortho intramolecular Hbond substituents is 1. The third-order valence-electron chi connectivity index (χ3n) is 5.25. The molecule has 0 saturated carbocycles. The van der Waals surface area contributed by atoms with Crippen molar-refractivity contribution in [3.63, 3.8) is 0 Å².